The molecule has 20 heavy (non-hydrogen) atoms. The Morgan fingerprint density at radius 3 is 2.85 bits per heavy atom. The number of benzene rings is 1. The summed E-state index contributed by atoms with van der Waals surface area (Å²) in [4.78, 5) is 16.5. The summed E-state index contributed by atoms with van der Waals surface area (Å²) in [6.45, 7) is 2.52. The summed E-state index contributed by atoms with van der Waals surface area (Å²) < 4.78 is 1.80. The number of nitrogens with zero attached hydrogens (tertiary/aromatic N) is 2. The van der Waals surface area contributed by atoms with Gasteiger partial charge in [-0.25, -0.2) is 4.98 Å². The Morgan fingerprint density at radius 2 is 2.05 bits per heavy atom. The van der Waals surface area contributed by atoms with Crippen molar-refractivity contribution in [1.29, 1.82) is 0 Å². The number of rotatable bonds is 3. The van der Waals surface area contributed by atoms with Crippen molar-refractivity contribution >= 4 is 11.6 Å². The second kappa shape index (κ2) is 5.17. The van der Waals surface area contributed by atoms with Crippen molar-refractivity contribution in [3.05, 3.63) is 71.7 Å². The number of fused-ring (bicyclic) bond motifs is 1. The van der Waals surface area contributed by atoms with Crippen molar-refractivity contribution in [1.82, 2.24) is 14.7 Å². The molecule has 1 aromatic carbocycles. The molecule has 0 fully saturated rings. The van der Waals surface area contributed by atoms with Gasteiger partial charge in [-0.3, -0.25) is 9.20 Å². The zero-order valence-corrected chi connectivity index (χ0v) is 11.2. The molecule has 1 amide bonds. The first-order valence-corrected chi connectivity index (χ1v) is 6.50. The number of carbonyl (C=O) groups is 1. The molecule has 0 radical (unpaired) electrons. The van der Waals surface area contributed by atoms with Crippen LogP contribution in [0.5, 0.6) is 0 Å². The molecule has 4 heteroatoms. The normalized spacial score (nSPS) is 10.7. The molecule has 0 unspecified atom stereocenters. The molecule has 0 aliphatic carbocycles. The standard InChI is InChI=1S/C16H15N3O/c1-12-7-8-19-14(11-17-15(19)9-12)16(20)18-10-13-5-3-2-4-6-13/h2-9,11H,10H2,1H3,(H,18,20). The van der Waals surface area contributed by atoms with Crippen LogP contribution in [0.1, 0.15) is 21.6 Å². The lowest BCUT2D eigenvalue weighted by Crippen LogP contribution is -2.24. The number of hydrogen-bond acceptors (Lipinski definition) is 2. The zero-order chi connectivity index (χ0) is 13.9. The number of pyridine rings is 1. The first-order chi connectivity index (χ1) is 9.74. The first kappa shape index (κ1) is 12.4. The van der Waals surface area contributed by atoms with Gasteiger partial charge in [0.25, 0.3) is 5.91 Å². The molecule has 2 heterocycles. The summed E-state index contributed by atoms with van der Waals surface area (Å²) in [5.74, 6) is -0.120. The minimum Gasteiger partial charge on any atom is -0.347 e. The van der Waals surface area contributed by atoms with E-state index in [1.165, 1.54) is 0 Å². The number of amides is 1. The van der Waals surface area contributed by atoms with E-state index >= 15 is 0 Å². The molecule has 0 atom stereocenters. The van der Waals surface area contributed by atoms with E-state index in [9.17, 15) is 4.79 Å². The van der Waals surface area contributed by atoms with Crippen molar-refractivity contribution in [3.8, 4) is 0 Å². The molecule has 3 rings (SSSR count). The second-order valence-electron chi connectivity index (χ2n) is 4.74. The molecule has 1 N–H and O–H groups in total. The summed E-state index contributed by atoms with van der Waals surface area (Å²) in [5, 5.41) is 2.91. The minimum atomic E-state index is -0.120. The minimum absolute atomic E-state index is 0.120. The van der Waals surface area contributed by atoms with Gasteiger partial charge in [-0.05, 0) is 30.2 Å². The Labute approximate surface area is 117 Å². The number of aromatic nitrogens is 2. The molecule has 0 bridgehead atoms. The zero-order valence-electron chi connectivity index (χ0n) is 11.2. The van der Waals surface area contributed by atoms with Gasteiger partial charge in [0.15, 0.2) is 0 Å². The van der Waals surface area contributed by atoms with Crippen LogP contribution in [0.3, 0.4) is 0 Å². The Bertz CT molecular complexity index is 747. The van der Waals surface area contributed by atoms with Gasteiger partial charge in [0.1, 0.15) is 11.3 Å². The van der Waals surface area contributed by atoms with Crippen LogP contribution in [0.4, 0.5) is 0 Å². The highest BCUT2D eigenvalue weighted by Crippen LogP contribution is 2.09. The summed E-state index contributed by atoms with van der Waals surface area (Å²) in [6.07, 6.45) is 3.48. The van der Waals surface area contributed by atoms with Crippen molar-refractivity contribution in [2.45, 2.75) is 13.5 Å². The van der Waals surface area contributed by atoms with Crippen LogP contribution in [0.15, 0.2) is 54.9 Å². The van der Waals surface area contributed by atoms with Crippen molar-refractivity contribution in [2.24, 2.45) is 0 Å². The topological polar surface area (TPSA) is 46.4 Å². The quantitative estimate of drug-likeness (QED) is 0.791. The molecule has 0 aliphatic rings. The van der Waals surface area contributed by atoms with Crippen molar-refractivity contribution < 1.29 is 4.79 Å². The number of carbonyl (C=O) groups excluding carboxylic acids is 1. The first-order valence-electron chi connectivity index (χ1n) is 6.50. The smallest absolute Gasteiger partial charge is 0.270 e. The van der Waals surface area contributed by atoms with Crippen LogP contribution in [0.25, 0.3) is 5.65 Å². The largest absolute Gasteiger partial charge is 0.347 e. The molecule has 0 saturated heterocycles. The van der Waals surface area contributed by atoms with Gasteiger partial charge >= 0.3 is 0 Å². The average molecular weight is 265 g/mol. The van der Waals surface area contributed by atoms with E-state index in [1.54, 1.807) is 10.6 Å². The fourth-order valence-corrected chi connectivity index (χ4v) is 2.12. The van der Waals surface area contributed by atoms with Gasteiger partial charge in [0, 0.05) is 12.7 Å². The maximum Gasteiger partial charge on any atom is 0.270 e. The van der Waals surface area contributed by atoms with E-state index < -0.39 is 0 Å². The van der Waals surface area contributed by atoms with Crippen LogP contribution in [0.2, 0.25) is 0 Å². The van der Waals surface area contributed by atoms with Gasteiger partial charge in [0.2, 0.25) is 0 Å². The lowest BCUT2D eigenvalue weighted by molar-refractivity contribution is 0.0945. The Kier molecular flexibility index (Phi) is 3.21. The highest BCUT2D eigenvalue weighted by molar-refractivity contribution is 5.93. The van der Waals surface area contributed by atoms with E-state index in [0.717, 1.165) is 16.8 Å². The van der Waals surface area contributed by atoms with Gasteiger partial charge in [-0.1, -0.05) is 30.3 Å². The van der Waals surface area contributed by atoms with Crippen LogP contribution in [-0.4, -0.2) is 15.3 Å². The van der Waals surface area contributed by atoms with Crippen molar-refractivity contribution in [3.63, 3.8) is 0 Å². The second-order valence-corrected chi connectivity index (χ2v) is 4.74. The van der Waals surface area contributed by atoms with E-state index in [2.05, 4.69) is 10.3 Å². The highest BCUT2D eigenvalue weighted by atomic mass is 16.1. The van der Waals surface area contributed by atoms with E-state index in [0.29, 0.717) is 12.2 Å². The van der Waals surface area contributed by atoms with E-state index in [4.69, 9.17) is 0 Å². The van der Waals surface area contributed by atoms with Gasteiger partial charge in [-0.15, -0.1) is 0 Å². The monoisotopic (exact) mass is 265 g/mol. The van der Waals surface area contributed by atoms with Gasteiger partial charge < -0.3 is 5.32 Å². The fourth-order valence-electron chi connectivity index (χ4n) is 2.12. The molecule has 0 aliphatic heterocycles. The van der Waals surface area contributed by atoms with Gasteiger partial charge in [-0.2, -0.15) is 0 Å². The molecule has 2 aromatic heterocycles. The van der Waals surface area contributed by atoms with Crippen LogP contribution >= 0.6 is 0 Å². The van der Waals surface area contributed by atoms with Gasteiger partial charge in [0.05, 0.1) is 6.20 Å². The van der Waals surface area contributed by atoms with Crippen molar-refractivity contribution in [2.75, 3.05) is 0 Å². The number of imidazole rings is 1. The maximum absolute atomic E-state index is 12.2. The molecular formula is C16H15N3O. The van der Waals surface area contributed by atoms with E-state index in [-0.39, 0.29) is 5.91 Å². The summed E-state index contributed by atoms with van der Waals surface area (Å²) in [5.41, 5.74) is 3.54. The third kappa shape index (κ3) is 2.40. The third-order valence-corrected chi connectivity index (χ3v) is 3.20. The predicted octanol–water partition coefficient (Wildman–Crippen LogP) is 2.57. The number of nitrogens with one attached hydrogen (secondary N) is 1. The number of hydrogen-bond donors (Lipinski definition) is 1. The summed E-state index contributed by atoms with van der Waals surface area (Å²) in [6, 6.07) is 13.8. The number of aryl methyl sites for hydroxylation is 1. The summed E-state index contributed by atoms with van der Waals surface area (Å²) >= 11 is 0. The molecule has 100 valence electrons. The third-order valence-electron chi connectivity index (χ3n) is 3.20. The van der Waals surface area contributed by atoms with E-state index in [1.807, 2.05) is 55.6 Å². The predicted molar refractivity (Wildman–Crippen MR) is 77.5 cm³/mol. The van der Waals surface area contributed by atoms with Crippen LogP contribution in [0, 0.1) is 6.92 Å². The molecule has 3 aromatic rings. The Morgan fingerprint density at radius 1 is 1.25 bits per heavy atom. The Balaban J connectivity index is 1.79. The average Bonchev–Trinajstić information content (AvgIpc) is 2.89. The molecule has 0 saturated carbocycles. The molecular weight excluding hydrogens is 250 g/mol. The molecule has 0 spiro atoms. The highest BCUT2D eigenvalue weighted by Gasteiger charge is 2.11. The lowest BCUT2D eigenvalue weighted by Gasteiger charge is -2.05. The fraction of sp³-hybridized carbons (Fsp3) is 0.125. The SMILES string of the molecule is Cc1ccn2c(C(=O)NCc3ccccc3)cnc2c1. The Hall–Kier alpha value is -2.62. The summed E-state index contributed by atoms with van der Waals surface area (Å²) in [7, 11) is 0. The molecule has 4 nitrogen and oxygen atoms in total. The van der Waals surface area contributed by atoms with Crippen LogP contribution < -0.4 is 5.32 Å². The maximum atomic E-state index is 12.2. The lowest BCUT2D eigenvalue weighted by atomic mass is 10.2. The van der Waals surface area contributed by atoms with Crippen LogP contribution in [-0.2, 0) is 6.54 Å².